The molecule has 5 nitrogen and oxygen atoms in total. The third-order valence-corrected chi connectivity index (χ3v) is 5.84. The van der Waals surface area contributed by atoms with Crippen molar-refractivity contribution < 1.29 is 22.3 Å². The van der Waals surface area contributed by atoms with E-state index in [9.17, 15) is 17.6 Å². The van der Waals surface area contributed by atoms with Crippen LogP contribution < -0.4 is 10.1 Å². The Morgan fingerprint density at radius 3 is 2.65 bits per heavy atom. The van der Waals surface area contributed by atoms with Gasteiger partial charge in [-0.3, -0.25) is 4.79 Å². The maximum absolute atomic E-state index is 13.6. The number of hydrogen-bond acceptors (Lipinski definition) is 4. The maximum Gasteiger partial charge on any atom is 0.224 e. The van der Waals surface area contributed by atoms with Crippen LogP contribution in [0.4, 0.5) is 4.39 Å². The van der Waals surface area contributed by atoms with E-state index in [1.807, 2.05) is 0 Å². The molecule has 0 aromatic heterocycles. The minimum Gasteiger partial charge on any atom is -0.494 e. The van der Waals surface area contributed by atoms with Crippen LogP contribution in [0.2, 0.25) is 0 Å². The number of hydrogen-bond donors (Lipinski definition) is 1. The van der Waals surface area contributed by atoms with Crippen molar-refractivity contribution in [3.63, 3.8) is 0 Å². The summed E-state index contributed by atoms with van der Waals surface area (Å²) < 4.78 is 42.2. The van der Waals surface area contributed by atoms with Crippen molar-refractivity contribution in [3.8, 4) is 5.75 Å². The predicted molar refractivity (Wildman–Crippen MR) is 85.7 cm³/mol. The Balaban J connectivity index is 2.02. The summed E-state index contributed by atoms with van der Waals surface area (Å²) in [6, 6.07) is 3.98. The molecule has 1 N–H and O–H groups in total. The standard InChI is InChI=1S/C16H22FNO4S/c1-22-14-8-7-11(9-12(14)17)10-16(19)18-13-5-3-4-6-15(13)23(2,20)21/h7-9,13,15H,3-6,10H2,1-2H3,(H,18,19)/t13-,15-/m1/s1. The van der Waals surface area contributed by atoms with Crippen molar-refractivity contribution in [3.05, 3.63) is 29.6 Å². The van der Waals surface area contributed by atoms with Crippen LogP contribution in [0.5, 0.6) is 5.75 Å². The molecule has 2 atom stereocenters. The third-order valence-electron chi connectivity index (χ3n) is 4.18. The summed E-state index contributed by atoms with van der Waals surface area (Å²) in [5.74, 6) is -0.696. The Labute approximate surface area is 136 Å². The summed E-state index contributed by atoms with van der Waals surface area (Å²) in [4.78, 5) is 12.2. The van der Waals surface area contributed by atoms with E-state index in [0.29, 0.717) is 18.4 Å². The third kappa shape index (κ3) is 4.67. The van der Waals surface area contributed by atoms with Gasteiger partial charge in [0.25, 0.3) is 0 Å². The zero-order chi connectivity index (χ0) is 17.0. The van der Waals surface area contributed by atoms with Crippen LogP contribution in [0.25, 0.3) is 0 Å². The lowest BCUT2D eigenvalue weighted by Crippen LogP contribution is -2.48. The van der Waals surface area contributed by atoms with Crippen LogP contribution in [0.1, 0.15) is 31.2 Å². The molecule has 7 heteroatoms. The van der Waals surface area contributed by atoms with E-state index < -0.39 is 20.9 Å². The van der Waals surface area contributed by atoms with Gasteiger partial charge in [0, 0.05) is 12.3 Å². The number of nitrogens with one attached hydrogen (secondary N) is 1. The second kappa shape index (κ2) is 7.29. The molecule has 23 heavy (non-hydrogen) atoms. The highest BCUT2D eigenvalue weighted by atomic mass is 32.2. The molecule has 0 aliphatic heterocycles. The highest BCUT2D eigenvalue weighted by molar-refractivity contribution is 7.91. The minimum absolute atomic E-state index is 0.00783. The first-order valence-electron chi connectivity index (χ1n) is 7.62. The van der Waals surface area contributed by atoms with E-state index in [4.69, 9.17) is 4.74 Å². The summed E-state index contributed by atoms with van der Waals surface area (Å²) >= 11 is 0. The van der Waals surface area contributed by atoms with E-state index in [0.717, 1.165) is 12.8 Å². The van der Waals surface area contributed by atoms with Crippen LogP contribution in [-0.4, -0.2) is 39.0 Å². The molecule has 1 aromatic rings. The summed E-state index contributed by atoms with van der Waals surface area (Å²) in [6.45, 7) is 0. The zero-order valence-corrected chi connectivity index (χ0v) is 14.2. The van der Waals surface area contributed by atoms with Gasteiger partial charge in [0.15, 0.2) is 21.4 Å². The highest BCUT2D eigenvalue weighted by Crippen LogP contribution is 2.24. The topological polar surface area (TPSA) is 72.5 Å². The molecule has 0 unspecified atom stereocenters. The van der Waals surface area contributed by atoms with E-state index in [1.54, 1.807) is 6.07 Å². The number of halogens is 1. The fraction of sp³-hybridized carbons (Fsp3) is 0.562. The van der Waals surface area contributed by atoms with Crippen LogP contribution in [0.15, 0.2) is 18.2 Å². The molecule has 128 valence electrons. The maximum atomic E-state index is 13.6. The molecule has 1 aromatic carbocycles. The second-order valence-corrected chi connectivity index (χ2v) is 8.24. The van der Waals surface area contributed by atoms with Gasteiger partial charge in [-0.05, 0) is 30.5 Å². The molecule has 0 saturated heterocycles. The van der Waals surface area contributed by atoms with E-state index >= 15 is 0 Å². The Morgan fingerprint density at radius 1 is 1.35 bits per heavy atom. The fourth-order valence-corrected chi connectivity index (χ4v) is 4.43. The second-order valence-electron chi connectivity index (χ2n) is 5.97. The fourth-order valence-electron chi connectivity index (χ4n) is 3.04. The number of benzene rings is 1. The van der Waals surface area contributed by atoms with Crippen molar-refractivity contribution in [1.29, 1.82) is 0 Å². The van der Waals surface area contributed by atoms with Gasteiger partial charge in [-0.15, -0.1) is 0 Å². The van der Waals surface area contributed by atoms with Crippen molar-refractivity contribution in [1.82, 2.24) is 5.32 Å². The molecule has 0 radical (unpaired) electrons. The summed E-state index contributed by atoms with van der Waals surface area (Å²) in [6.07, 6.45) is 4.19. The summed E-state index contributed by atoms with van der Waals surface area (Å²) in [7, 11) is -1.83. The molecule has 0 heterocycles. The van der Waals surface area contributed by atoms with Crippen LogP contribution >= 0.6 is 0 Å². The van der Waals surface area contributed by atoms with Gasteiger partial charge in [0.2, 0.25) is 5.91 Å². The van der Waals surface area contributed by atoms with Gasteiger partial charge < -0.3 is 10.1 Å². The zero-order valence-electron chi connectivity index (χ0n) is 13.3. The quantitative estimate of drug-likeness (QED) is 0.886. The summed E-state index contributed by atoms with van der Waals surface area (Å²) in [5, 5.41) is 2.27. The minimum atomic E-state index is -3.20. The molecule has 1 saturated carbocycles. The monoisotopic (exact) mass is 343 g/mol. The Morgan fingerprint density at radius 2 is 2.04 bits per heavy atom. The lowest BCUT2D eigenvalue weighted by molar-refractivity contribution is -0.121. The number of sulfone groups is 1. The number of rotatable bonds is 5. The smallest absolute Gasteiger partial charge is 0.224 e. The van der Waals surface area contributed by atoms with Crippen molar-refractivity contribution in [2.75, 3.05) is 13.4 Å². The normalized spacial score (nSPS) is 21.7. The Hall–Kier alpha value is -1.63. The first-order valence-corrected chi connectivity index (χ1v) is 9.57. The van der Waals surface area contributed by atoms with E-state index in [-0.39, 0.29) is 24.1 Å². The van der Waals surface area contributed by atoms with Crippen molar-refractivity contribution >= 4 is 15.7 Å². The number of ether oxygens (including phenoxy) is 1. The van der Waals surface area contributed by atoms with Crippen molar-refractivity contribution in [2.24, 2.45) is 0 Å². The first kappa shape index (κ1) is 17.7. The molecular formula is C16H22FNO4S. The molecule has 0 spiro atoms. The summed E-state index contributed by atoms with van der Waals surface area (Å²) in [5.41, 5.74) is 0.521. The van der Waals surface area contributed by atoms with E-state index in [2.05, 4.69) is 5.32 Å². The Bertz CT molecular complexity index is 675. The lowest BCUT2D eigenvalue weighted by atomic mass is 9.94. The molecule has 1 fully saturated rings. The molecule has 2 rings (SSSR count). The number of methoxy groups -OCH3 is 1. The van der Waals surface area contributed by atoms with E-state index in [1.165, 1.54) is 25.5 Å². The van der Waals surface area contributed by atoms with Crippen LogP contribution in [0.3, 0.4) is 0 Å². The van der Waals surface area contributed by atoms with Gasteiger partial charge in [0.05, 0.1) is 18.8 Å². The van der Waals surface area contributed by atoms with Crippen molar-refractivity contribution in [2.45, 2.75) is 43.4 Å². The van der Waals surface area contributed by atoms with Crippen LogP contribution in [-0.2, 0) is 21.1 Å². The molecular weight excluding hydrogens is 321 g/mol. The average Bonchev–Trinajstić information content (AvgIpc) is 2.46. The number of carbonyl (C=O) groups excluding carboxylic acids is 1. The van der Waals surface area contributed by atoms with Gasteiger partial charge in [-0.1, -0.05) is 18.9 Å². The lowest BCUT2D eigenvalue weighted by Gasteiger charge is -2.30. The average molecular weight is 343 g/mol. The first-order chi connectivity index (χ1) is 10.8. The SMILES string of the molecule is COc1ccc(CC(=O)N[C@@H]2CCCC[C@H]2S(C)(=O)=O)cc1F. The van der Waals surface area contributed by atoms with Gasteiger partial charge in [-0.25, -0.2) is 12.8 Å². The highest BCUT2D eigenvalue weighted by Gasteiger charge is 2.33. The van der Waals surface area contributed by atoms with Gasteiger partial charge >= 0.3 is 0 Å². The number of carbonyl (C=O) groups is 1. The van der Waals surface area contributed by atoms with Gasteiger partial charge in [0.1, 0.15) is 0 Å². The Kier molecular flexibility index (Phi) is 5.62. The number of amides is 1. The molecule has 1 aliphatic rings. The predicted octanol–water partition coefficient (Wildman–Crippen LogP) is 1.85. The molecule has 1 aliphatic carbocycles. The largest absolute Gasteiger partial charge is 0.494 e. The van der Waals surface area contributed by atoms with Crippen LogP contribution in [0, 0.1) is 5.82 Å². The van der Waals surface area contributed by atoms with Gasteiger partial charge in [-0.2, -0.15) is 0 Å². The molecule has 1 amide bonds. The molecule has 0 bridgehead atoms.